The van der Waals surface area contributed by atoms with Crippen LogP contribution in [0.4, 0.5) is 27.8 Å². The summed E-state index contributed by atoms with van der Waals surface area (Å²) in [6.45, 7) is 2.27. The molecule has 0 atom stereocenters. The maximum Gasteiger partial charge on any atom is 0.334 e. The summed E-state index contributed by atoms with van der Waals surface area (Å²) in [5.41, 5.74) is 19.5. The summed E-state index contributed by atoms with van der Waals surface area (Å²) in [4.78, 5) is 5.27. The lowest BCUT2D eigenvalue weighted by Gasteiger charge is -2.52. The largest absolute Gasteiger partial charge is 0.376 e. The number of para-hydroxylation sites is 3. The second-order valence-corrected chi connectivity index (χ2v) is 15.1. The van der Waals surface area contributed by atoms with Crippen molar-refractivity contribution in [3.8, 4) is 22.3 Å². The molecular weight excluding hydrogens is 623 g/mol. The molecule has 4 heteroatoms. The number of nitrogens with zero attached hydrogens (tertiary/aromatic N) is 2. The van der Waals surface area contributed by atoms with E-state index in [4.69, 9.17) is 0 Å². The highest BCUT2D eigenvalue weighted by Gasteiger charge is 2.56. The summed E-state index contributed by atoms with van der Waals surface area (Å²) >= 11 is 1.92. The number of hydrogen-bond acceptors (Lipinski definition) is 3. The van der Waals surface area contributed by atoms with Crippen molar-refractivity contribution in [2.75, 3.05) is 9.71 Å². The van der Waals surface area contributed by atoms with E-state index >= 15 is 0 Å². The Hall–Kier alpha value is -5.84. The predicted molar refractivity (Wildman–Crippen MR) is 211 cm³/mol. The maximum atomic E-state index is 2.73. The maximum absolute atomic E-state index is 2.73. The summed E-state index contributed by atoms with van der Waals surface area (Å²) < 4.78 is 1.32. The van der Waals surface area contributed by atoms with E-state index in [1.165, 1.54) is 98.8 Å². The highest BCUT2D eigenvalue weighted by molar-refractivity contribution is 7.26. The second kappa shape index (κ2) is 9.44. The average molecular weight is 653 g/mol. The highest BCUT2D eigenvalue weighted by Crippen LogP contribution is 2.65. The van der Waals surface area contributed by atoms with E-state index in [9.17, 15) is 0 Å². The van der Waals surface area contributed by atoms with Gasteiger partial charge >= 0.3 is 6.85 Å². The van der Waals surface area contributed by atoms with Gasteiger partial charge in [0.05, 0.1) is 10.4 Å². The molecule has 0 saturated heterocycles. The SMILES string of the molecule is Cc1cc2c3c(c1)N(c1ccccc1)c1sc4ccccc4c1B3N1c3ccccc3C3(c4ccccc4-c4ccccc43)c3cccc-2c31. The topological polar surface area (TPSA) is 6.48 Å². The van der Waals surface area contributed by atoms with Gasteiger partial charge in [-0.15, -0.1) is 11.3 Å². The molecule has 7 aromatic carbocycles. The fraction of sp³-hybridized carbons (Fsp3) is 0.0435. The molecule has 12 rings (SSSR count). The predicted octanol–water partition coefficient (Wildman–Crippen LogP) is 10.6. The molecule has 50 heavy (non-hydrogen) atoms. The fourth-order valence-electron chi connectivity index (χ4n) is 9.97. The van der Waals surface area contributed by atoms with Crippen molar-refractivity contribution < 1.29 is 0 Å². The van der Waals surface area contributed by atoms with Gasteiger partial charge < -0.3 is 9.71 Å². The molecule has 0 N–H and O–H groups in total. The lowest BCUT2D eigenvalue weighted by atomic mass is 9.42. The normalized spacial score (nSPS) is 14.9. The minimum Gasteiger partial charge on any atom is -0.376 e. The van der Waals surface area contributed by atoms with Crippen LogP contribution in [-0.2, 0) is 5.41 Å². The Morgan fingerprint density at radius 1 is 0.520 bits per heavy atom. The number of hydrogen-bond donors (Lipinski definition) is 0. The van der Waals surface area contributed by atoms with Crippen LogP contribution in [-0.4, -0.2) is 6.85 Å². The van der Waals surface area contributed by atoms with E-state index in [-0.39, 0.29) is 6.85 Å². The third-order valence-corrected chi connectivity index (χ3v) is 12.8. The average Bonchev–Trinajstić information content (AvgIpc) is 3.69. The Balaban J connectivity index is 1.27. The van der Waals surface area contributed by atoms with Crippen molar-refractivity contribution in [3.05, 3.63) is 186 Å². The molecule has 4 heterocycles. The van der Waals surface area contributed by atoms with Crippen LogP contribution in [0.3, 0.4) is 0 Å². The zero-order valence-corrected chi connectivity index (χ0v) is 28.2. The first-order valence-electron chi connectivity index (χ1n) is 17.5. The third kappa shape index (κ3) is 3.09. The summed E-state index contributed by atoms with van der Waals surface area (Å²) in [6.07, 6.45) is 0. The van der Waals surface area contributed by atoms with E-state index in [0.29, 0.717) is 0 Å². The summed E-state index contributed by atoms with van der Waals surface area (Å²) in [7, 11) is 0. The first kappa shape index (κ1) is 27.0. The van der Waals surface area contributed by atoms with Gasteiger partial charge in [0.1, 0.15) is 0 Å². The molecule has 0 bridgehead atoms. The molecule has 1 aliphatic carbocycles. The van der Waals surface area contributed by atoms with Gasteiger partial charge in [0.25, 0.3) is 0 Å². The first-order chi connectivity index (χ1) is 24.7. The van der Waals surface area contributed by atoms with E-state index in [1.807, 2.05) is 11.3 Å². The molecular formula is C46H29BN2S. The van der Waals surface area contributed by atoms with Gasteiger partial charge in [-0.2, -0.15) is 0 Å². The van der Waals surface area contributed by atoms with Crippen LogP contribution in [0, 0.1) is 6.92 Å². The molecule has 1 aromatic heterocycles. The smallest absolute Gasteiger partial charge is 0.334 e. The molecule has 4 aliphatic rings. The number of thiophene rings is 1. The van der Waals surface area contributed by atoms with Crippen LogP contribution < -0.4 is 20.6 Å². The molecule has 0 saturated carbocycles. The van der Waals surface area contributed by atoms with Gasteiger partial charge in [-0.3, -0.25) is 0 Å². The van der Waals surface area contributed by atoms with Gasteiger partial charge in [-0.25, -0.2) is 0 Å². The van der Waals surface area contributed by atoms with Crippen LogP contribution >= 0.6 is 11.3 Å². The fourth-order valence-corrected chi connectivity index (χ4v) is 11.2. The van der Waals surface area contributed by atoms with E-state index in [2.05, 4.69) is 174 Å². The molecule has 2 nitrogen and oxygen atoms in total. The third-order valence-electron chi connectivity index (χ3n) is 11.7. The van der Waals surface area contributed by atoms with Crippen LogP contribution in [0.1, 0.15) is 27.8 Å². The number of aryl methyl sites for hydroxylation is 1. The zero-order chi connectivity index (χ0) is 32.7. The quantitative estimate of drug-likeness (QED) is 0.163. The lowest BCUT2D eigenvalue weighted by molar-refractivity contribution is 0.756. The number of rotatable bonds is 1. The Labute approximate surface area is 295 Å². The minimum absolute atomic E-state index is 0.00533. The van der Waals surface area contributed by atoms with Crippen molar-refractivity contribution >= 4 is 66.9 Å². The van der Waals surface area contributed by atoms with E-state index < -0.39 is 5.41 Å². The molecule has 1 spiro atoms. The van der Waals surface area contributed by atoms with Crippen molar-refractivity contribution in [1.82, 2.24) is 0 Å². The van der Waals surface area contributed by atoms with Gasteiger partial charge in [0, 0.05) is 33.0 Å². The monoisotopic (exact) mass is 652 g/mol. The Kier molecular flexibility index (Phi) is 5.11. The molecule has 0 radical (unpaired) electrons. The zero-order valence-electron chi connectivity index (χ0n) is 27.4. The summed E-state index contributed by atoms with van der Waals surface area (Å²) in [5, 5.41) is 2.65. The molecule has 232 valence electrons. The Morgan fingerprint density at radius 2 is 1.16 bits per heavy atom. The molecule has 0 amide bonds. The van der Waals surface area contributed by atoms with Crippen molar-refractivity contribution in [3.63, 3.8) is 0 Å². The van der Waals surface area contributed by atoms with E-state index in [1.54, 1.807) is 0 Å². The highest BCUT2D eigenvalue weighted by atomic mass is 32.1. The Morgan fingerprint density at radius 3 is 1.96 bits per heavy atom. The van der Waals surface area contributed by atoms with Crippen LogP contribution in [0.2, 0.25) is 0 Å². The van der Waals surface area contributed by atoms with Crippen LogP contribution in [0.5, 0.6) is 0 Å². The van der Waals surface area contributed by atoms with E-state index in [0.717, 1.165) is 0 Å². The first-order valence-corrected chi connectivity index (χ1v) is 18.3. The summed E-state index contributed by atoms with van der Waals surface area (Å²) in [5.74, 6) is 0. The molecule has 8 aromatic rings. The van der Waals surface area contributed by atoms with Crippen molar-refractivity contribution in [1.29, 1.82) is 0 Å². The standard InChI is InChI=1S/C46H29BN2S/c1-28-26-34-32-19-13-23-38-44(32)49(39-24-11-10-22-37(39)46(38)35-20-8-5-16-30(35)31-17-6-9-21-36(31)46)47-42(34)40(27-28)48(29-14-3-2-4-15-29)45-43(47)33-18-7-12-25-41(33)50-45/h2-27H,1H3. The minimum atomic E-state index is -0.430. The van der Waals surface area contributed by atoms with Gasteiger partial charge in [0.2, 0.25) is 0 Å². The molecule has 0 unspecified atom stereocenters. The van der Waals surface area contributed by atoms with Crippen LogP contribution in [0.15, 0.2) is 158 Å². The van der Waals surface area contributed by atoms with Crippen LogP contribution in [0.25, 0.3) is 32.3 Å². The van der Waals surface area contributed by atoms with Gasteiger partial charge in [-0.05, 0) is 98.1 Å². The van der Waals surface area contributed by atoms with Gasteiger partial charge in [-0.1, -0.05) is 127 Å². The Bertz CT molecular complexity index is 2720. The number of fused-ring (bicyclic) bond motifs is 15. The van der Waals surface area contributed by atoms with Crippen molar-refractivity contribution in [2.45, 2.75) is 12.3 Å². The lowest BCUT2D eigenvalue weighted by Crippen LogP contribution is -2.62. The molecule has 0 fully saturated rings. The second-order valence-electron chi connectivity index (χ2n) is 14.1. The molecule has 3 aliphatic heterocycles. The van der Waals surface area contributed by atoms with Crippen molar-refractivity contribution in [2.24, 2.45) is 0 Å². The van der Waals surface area contributed by atoms with Gasteiger partial charge in [0.15, 0.2) is 0 Å². The summed E-state index contributed by atoms with van der Waals surface area (Å²) in [6, 6.07) is 59.5. The number of benzene rings is 7. The number of anilines is 5.